The Morgan fingerprint density at radius 1 is 1.06 bits per heavy atom. The Balaban J connectivity index is 1.82. The van der Waals surface area contributed by atoms with Crippen LogP contribution in [0.3, 0.4) is 0 Å². The average molecular weight is 241 g/mol. The number of hydrogen-bond donors (Lipinski definition) is 1. The van der Waals surface area contributed by atoms with Crippen LogP contribution in [-0.2, 0) is 19.6 Å². The van der Waals surface area contributed by atoms with Crippen LogP contribution in [0.5, 0.6) is 0 Å². The number of aromatic nitrogens is 2. The molecule has 2 aromatic rings. The fourth-order valence-electron chi connectivity index (χ4n) is 2.30. The topological polar surface area (TPSA) is 49.2 Å². The van der Waals surface area contributed by atoms with Gasteiger partial charge in [-0.2, -0.15) is 5.10 Å². The van der Waals surface area contributed by atoms with Gasteiger partial charge in [-0.1, -0.05) is 24.3 Å². The van der Waals surface area contributed by atoms with Crippen molar-refractivity contribution < 1.29 is 5.11 Å². The van der Waals surface area contributed by atoms with Crippen molar-refractivity contribution in [3.05, 3.63) is 53.2 Å². The number of anilines is 1. The molecule has 4 nitrogen and oxygen atoms in total. The molecule has 3 rings (SSSR count). The third-order valence-corrected chi connectivity index (χ3v) is 3.32. The van der Waals surface area contributed by atoms with Crippen LogP contribution >= 0.6 is 0 Å². The molecular formula is C14H15N3O. The number of fused-ring (bicyclic) bond motifs is 1. The van der Waals surface area contributed by atoms with E-state index in [1.54, 1.807) is 0 Å². The monoisotopic (exact) mass is 241 g/mol. The number of aliphatic hydroxyl groups excluding tert-OH is 1. The summed E-state index contributed by atoms with van der Waals surface area (Å²) in [6.45, 7) is 1.78. The largest absolute Gasteiger partial charge is 0.390 e. The lowest BCUT2D eigenvalue weighted by Gasteiger charge is -2.29. The van der Waals surface area contributed by atoms with E-state index in [-0.39, 0.29) is 6.61 Å². The Hall–Kier alpha value is -1.94. The summed E-state index contributed by atoms with van der Waals surface area (Å²) in [4.78, 5) is 2.22. The fourth-order valence-corrected chi connectivity index (χ4v) is 2.30. The maximum absolute atomic E-state index is 8.95. The first-order valence-corrected chi connectivity index (χ1v) is 6.12. The minimum absolute atomic E-state index is 0.0594. The van der Waals surface area contributed by atoms with Crippen molar-refractivity contribution in [3.8, 4) is 0 Å². The molecule has 18 heavy (non-hydrogen) atoms. The SMILES string of the molecule is OCc1ccc(N2CCc3ccccc3C2)nn1. The van der Waals surface area contributed by atoms with Crippen molar-refractivity contribution in [2.75, 3.05) is 11.4 Å². The van der Waals surface area contributed by atoms with Gasteiger partial charge in [-0.15, -0.1) is 5.10 Å². The quantitative estimate of drug-likeness (QED) is 0.866. The molecule has 1 aliphatic rings. The number of hydrogen-bond acceptors (Lipinski definition) is 4. The van der Waals surface area contributed by atoms with E-state index in [0.29, 0.717) is 5.69 Å². The van der Waals surface area contributed by atoms with Crippen LogP contribution in [0.1, 0.15) is 16.8 Å². The van der Waals surface area contributed by atoms with Crippen LogP contribution in [0.25, 0.3) is 0 Å². The Morgan fingerprint density at radius 2 is 1.89 bits per heavy atom. The highest BCUT2D eigenvalue weighted by molar-refractivity contribution is 5.43. The van der Waals surface area contributed by atoms with Gasteiger partial charge in [-0.05, 0) is 29.7 Å². The van der Waals surface area contributed by atoms with Crippen LogP contribution in [0.4, 0.5) is 5.82 Å². The van der Waals surface area contributed by atoms with Crippen LogP contribution in [0.15, 0.2) is 36.4 Å². The molecule has 0 saturated heterocycles. The van der Waals surface area contributed by atoms with E-state index >= 15 is 0 Å². The van der Waals surface area contributed by atoms with E-state index < -0.39 is 0 Å². The van der Waals surface area contributed by atoms with Crippen LogP contribution < -0.4 is 4.90 Å². The first-order chi connectivity index (χ1) is 8.86. The van der Waals surface area contributed by atoms with Gasteiger partial charge in [-0.25, -0.2) is 0 Å². The molecule has 0 unspecified atom stereocenters. The Morgan fingerprint density at radius 3 is 2.61 bits per heavy atom. The molecule has 2 heterocycles. The van der Waals surface area contributed by atoms with E-state index in [1.807, 2.05) is 12.1 Å². The molecule has 92 valence electrons. The van der Waals surface area contributed by atoms with Gasteiger partial charge in [0, 0.05) is 13.1 Å². The van der Waals surface area contributed by atoms with Crippen molar-refractivity contribution in [2.45, 2.75) is 19.6 Å². The van der Waals surface area contributed by atoms with Crippen molar-refractivity contribution in [1.82, 2.24) is 10.2 Å². The maximum atomic E-state index is 8.95. The highest BCUT2D eigenvalue weighted by atomic mass is 16.3. The minimum atomic E-state index is -0.0594. The molecule has 0 spiro atoms. The molecule has 0 saturated carbocycles. The molecule has 0 amide bonds. The molecule has 0 radical (unpaired) electrons. The first kappa shape index (κ1) is 11.2. The van der Waals surface area contributed by atoms with Gasteiger partial charge in [-0.3, -0.25) is 0 Å². The Bertz CT molecular complexity index is 539. The lowest BCUT2D eigenvalue weighted by Crippen LogP contribution is -2.31. The standard InChI is InChI=1S/C14H15N3O/c18-10-13-5-6-14(16-15-13)17-8-7-11-3-1-2-4-12(11)9-17/h1-6,18H,7-10H2. The van der Waals surface area contributed by atoms with Gasteiger partial charge in [0.15, 0.2) is 5.82 Å². The second kappa shape index (κ2) is 4.74. The number of nitrogens with zero attached hydrogens (tertiary/aromatic N) is 3. The van der Waals surface area contributed by atoms with E-state index in [9.17, 15) is 0 Å². The van der Waals surface area contributed by atoms with Crippen molar-refractivity contribution >= 4 is 5.82 Å². The normalized spacial score (nSPS) is 14.4. The number of benzene rings is 1. The van der Waals surface area contributed by atoms with Crippen molar-refractivity contribution in [1.29, 1.82) is 0 Å². The number of rotatable bonds is 2. The predicted molar refractivity (Wildman–Crippen MR) is 69.2 cm³/mol. The zero-order valence-electron chi connectivity index (χ0n) is 10.1. The van der Waals surface area contributed by atoms with Gasteiger partial charge in [0.25, 0.3) is 0 Å². The summed E-state index contributed by atoms with van der Waals surface area (Å²) < 4.78 is 0. The third kappa shape index (κ3) is 2.07. The number of aliphatic hydroxyl groups is 1. The summed E-state index contributed by atoms with van der Waals surface area (Å²) in [6, 6.07) is 12.3. The van der Waals surface area contributed by atoms with Crippen LogP contribution in [0.2, 0.25) is 0 Å². The first-order valence-electron chi connectivity index (χ1n) is 6.12. The van der Waals surface area contributed by atoms with Gasteiger partial charge in [0.2, 0.25) is 0 Å². The highest BCUT2D eigenvalue weighted by Crippen LogP contribution is 2.22. The lowest BCUT2D eigenvalue weighted by molar-refractivity contribution is 0.275. The summed E-state index contributed by atoms with van der Waals surface area (Å²) >= 11 is 0. The second-order valence-corrected chi connectivity index (χ2v) is 4.48. The molecule has 1 aliphatic heterocycles. The fraction of sp³-hybridized carbons (Fsp3) is 0.286. The smallest absolute Gasteiger partial charge is 0.151 e. The predicted octanol–water partition coefficient (Wildman–Crippen LogP) is 1.53. The second-order valence-electron chi connectivity index (χ2n) is 4.48. The van der Waals surface area contributed by atoms with E-state index in [4.69, 9.17) is 5.11 Å². The molecule has 1 aromatic heterocycles. The maximum Gasteiger partial charge on any atom is 0.151 e. The van der Waals surface area contributed by atoms with Gasteiger partial charge < -0.3 is 10.0 Å². The van der Waals surface area contributed by atoms with Crippen LogP contribution in [0, 0.1) is 0 Å². The third-order valence-electron chi connectivity index (χ3n) is 3.32. The zero-order valence-corrected chi connectivity index (χ0v) is 10.1. The summed E-state index contributed by atoms with van der Waals surface area (Å²) in [7, 11) is 0. The Labute approximate surface area is 106 Å². The van der Waals surface area contributed by atoms with Gasteiger partial charge in [0.1, 0.15) is 0 Å². The molecule has 0 bridgehead atoms. The molecule has 4 heteroatoms. The molecule has 0 atom stereocenters. The molecule has 1 N–H and O–H groups in total. The summed E-state index contributed by atoms with van der Waals surface area (Å²) in [5.74, 6) is 0.877. The van der Waals surface area contributed by atoms with Crippen LogP contribution in [-0.4, -0.2) is 21.8 Å². The Kier molecular flexibility index (Phi) is 2.94. The van der Waals surface area contributed by atoms with E-state index in [1.165, 1.54) is 11.1 Å². The zero-order chi connectivity index (χ0) is 12.4. The summed E-state index contributed by atoms with van der Waals surface area (Å²) in [5, 5.41) is 17.1. The van der Waals surface area contributed by atoms with Crippen molar-refractivity contribution in [2.24, 2.45) is 0 Å². The molecule has 0 fully saturated rings. The van der Waals surface area contributed by atoms with Gasteiger partial charge >= 0.3 is 0 Å². The van der Waals surface area contributed by atoms with E-state index in [0.717, 1.165) is 25.3 Å². The average Bonchev–Trinajstić information content (AvgIpc) is 2.47. The highest BCUT2D eigenvalue weighted by Gasteiger charge is 2.16. The minimum Gasteiger partial charge on any atom is -0.390 e. The summed E-state index contributed by atoms with van der Waals surface area (Å²) in [5.41, 5.74) is 3.39. The molecular weight excluding hydrogens is 226 g/mol. The van der Waals surface area contributed by atoms with E-state index in [2.05, 4.69) is 39.4 Å². The summed E-state index contributed by atoms with van der Waals surface area (Å²) in [6.07, 6.45) is 1.04. The molecule has 0 aliphatic carbocycles. The van der Waals surface area contributed by atoms with Gasteiger partial charge in [0.05, 0.1) is 12.3 Å². The van der Waals surface area contributed by atoms with Crippen molar-refractivity contribution in [3.63, 3.8) is 0 Å². The lowest BCUT2D eigenvalue weighted by atomic mass is 10.00. The molecule has 1 aromatic carbocycles.